The van der Waals surface area contributed by atoms with Gasteiger partial charge in [0.2, 0.25) is 0 Å². The minimum Gasteiger partial charge on any atom is -0.364 e. The lowest BCUT2D eigenvalue weighted by atomic mass is 10.3. The monoisotopic (exact) mass is 253 g/mol. The summed E-state index contributed by atoms with van der Waals surface area (Å²) in [5.74, 6) is -0.570. The van der Waals surface area contributed by atoms with E-state index in [1.165, 1.54) is 0 Å². The lowest BCUT2D eigenvalue weighted by Crippen LogP contribution is -2.18. The molecule has 2 heterocycles. The SMILES string of the molecule is NC(=O)c1cc2cc[nH]c(=O)c2n1-c1ccccc1. The van der Waals surface area contributed by atoms with Crippen molar-refractivity contribution in [3.63, 3.8) is 0 Å². The number of aromatic nitrogens is 2. The van der Waals surface area contributed by atoms with Gasteiger partial charge in [0, 0.05) is 17.3 Å². The number of para-hydroxylation sites is 1. The number of aromatic amines is 1. The summed E-state index contributed by atoms with van der Waals surface area (Å²) in [7, 11) is 0. The number of nitrogens with two attached hydrogens (primary N) is 1. The van der Waals surface area contributed by atoms with E-state index in [2.05, 4.69) is 4.98 Å². The van der Waals surface area contributed by atoms with E-state index < -0.39 is 5.91 Å². The Hall–Kier alpha value is -2.82. The number of primary amides is 1. The Bertz CT molecular complexity index is 816. The largest absolute Gasteiger partial charge is 0.364 e. The molecule has 0 atom stereocenters. The smallest absolute Gasteiger partial charge is 0.272 e. The number of nitrogens with one attached hydrogen (secondary N) is 1. The molecule has 0 aliphatic carbocycles. The molecule has 0 bridgehead atoms. The fourth-order valence-electron chi connectivity index (χ4n) is 2.19. The van der Waals surface area contributed by atoms with Crippen LogP contribution in [0.15, 0.2) is 53.5 Å². The average molecular weight is 253 g/mol. The second-order valence-electron chi connectivity index (χ2n) is 4.18. The second kappa shape index (κ2) is 4.13. The highest BCUT2D eigenvalue weighted by atomic mass is 16.1. The van der Waals surface area contributed by atoms with Gasteiger partial charge < -0.3 is 15.3 Å². The van der Waals surface area contributed by atoms with E-state index in [4.69, 9.17) is 5.73 Å². The van der Waals surface area contributed by atoms with Crippen molar-refractivity contribution in [3.05, 3.63) is 64.7 Å². The van der Waals surface area contributed by atoms with Crippen molar-refractivity contribution in [1.82, 2.24) is 9.55 Å². The number of pyridine rings is 1. The van der Waals surface area contributed by atoms with Crippen molar-refractivity contribution in [2.24, 2.45) is 5.73 Å². The van der Waals surface area contributed by atoms with Crippen LogP contribution in [0.25, 0.3) is 16.6 Å². The van der Waals surface area contributed by atoms with Crippen LogP contribution >= 0.6 is 0 Å². The molecule has 94 valence electrons. The van der Waals surface area contributed by atoms with E-state index in [-0.39, 0.29) is 11.3 Å². The summed E-state index contributed by atoms with van der Waals surface area (Å²) < 4.78 is 1.58. The van der Waals surface area contributed by atoms with Gasteiger partial charge in [0.15, 0.2) is 0 Å². The van der Waals surface area contributed by atoms with Gasteiger partial charge in [-0.25, -0.2) is 0 Å². The van der Waals surface area contributed by atoms with Crippen molar-refractivity contribution in [3.8, 4) is 5.69 Å². The van der Waals surface area contributed by atoms with Gasteiger partial charge in [0.1, 0.15) is 11.2 Å². The molecule has 0 aliphatic rings. The molecule has 5 nitrogen and oxygen atoms in total. The van der Waals surface area contributed by atoms with Crippen LogP contribution in [0.5, 0.6) is 0 Å². The first kappa shape index (κ1) is 11.3. The number of rotatable bonds is 2. The maximum Gasteiger partial charge on any atom is 0.272 e. The summed E-state index contributed by atoms with van der Waals surface area (Å²) in [6.45, 7) is 0. The number of fused-ring (bicyclic) bond motifs is 1. The highest BCUT2D eigenvalue weighted by Crippen LogP contribution is 2.21. The summed E-state index contributed by atoms with van der Waals surface area (Å²) in [5, 5.41) is 0.682. The molecule has 0 spiro atoms. The van der Waals surface area contributed by atoms with Crippen LogP contribution in [0.4, 0.5) is 0 Å². The summed E-state index contributed by atoms with van der Waals surface area (Å²) in [5.41, 5.74) is 6.57. The fourth-order valence-corrected chi connectivity index (χ4v) is 2.19. The van der Waals surface area contributed by atoms with Gasteiger partial charge in [-0.2, -0.15) is 0 Å². The highest BCUT2D eigenvalue weighted by molar-refractivity contribution is 5.98. The number of benzene rings is 1. The van der Waals surface area contributed by atoms with Crippen molar-refractivity contribution in [2.45, 2.75) is 0 Å². The molecule has 2 aromatic heterocycles. The molecule has 0 fully saturated rings. The van der Waals surface area contributed by atoms with Gasteiger partial charge in [0.25, 0.3) is 11.5 Å². The minimum absolute atomic E-state index is 0.256. The fraction of sp³-hybridized carbons (Fsp3) is 0. The molecule has 1 aromatic carbocycles. The molecule has 1 amide bonds. The van der Waals surface area contributed by atoms with Crippen LogP contribution in [-0.2, 0) is 0 Å². The molecular weight excluding hydrogens is 242 g/mol. The molecule has 5 heteroatoms. The Morgan fingerprint density at radius 1 is 1.16 bits per heavy atom. The van der Waals surface area contributed by atoms with Gasteiger partial charge in [0.05, 0.1) is 0 Å². The summed E-state index contributed by atoms with van der Waals surface area (Å²) in [4.78, 5) is 26.2. The van der Waals surface area contributed by atoms with Crippen molar-refractivity contribution < 1.29 is 4.79 Å². The van der Waals surface area contributed by atoms with Gasteiger partial charge >= 0.3 is 0 Å². The lowest BCUT2D eigenvalue weighted by Gasteiger charge is -2.07. The van der Waals surface area contributed by atoms with Crippen LogP contribution in [0.2, 0.25) is 0 Å². The third kappa shape index (κ3) is 1.72. The van der Waals surface area contributed by atoms with E-state index in [1.54, 1.807) is 22.9 Å². The maximum atomic E-state index is 12.0. The predicted octanol–water partition coefficient (Wildman–Crippen LogP) is 1.42. The standard InChI is InChI=1S/C14H11N3O2/c15-13(18)11-8-9-6-7-16-14(19)12(9)17(11)10-4-2-1-3-5-10/h1-8H,(H2,15,18)(H,16,19). The van der Waals surface area contributed by atoms with E-state index in [0.29, 0.717) is 10.9 Å². The van der Waals surface area contributed by atoms with Crippen molar-refractivity contribution in [1.29, 1.82) is 0 Å². The Kier molecular flexibility index (Phi) is 2.45. The van der Waals surface area contributed by atoms with Crippen LogP contribution in [-0.4, -0.2) is 15.5 Å². The Labute approximate surface area is 108 Å². The minimum atomic E-state index is -0.570. The molecule has 3 N–H and O–H groups in total. The van der Waals surface area contributed by atoms with Crippen molar-refractivity contribution >= 4 is 16.8 Å². The summed E-state index contributed by atoms with van der Waals surface area (Å²) >= 11 is 0. The molecule has 0 aliphatic heterocycles. The van der Waals surface area contributed by atoms with Crippen LogP contribution in [0, 0.1) is 0 Å². The van der Waals surface area contributed by atoms with Gasteiger partial charge in [-0.1, -0.05) is 18.2 Å². The van der Waals surface area contributed by atoms with Crippen LogP contribution < -0.4 is 11.3 Å². The number of nitrogens with zero attached hydrogens (tertiary/aromatic N) is 1. The quantitative estimate of drug-likeness (QED) is 0.724. The van der Waals surface area contributed by atoms with Crippen LogP contribution in [0.3, 0.4) is 0 Å². The number of amides is 1. The maximum absolute atomic E-state index is 12.0. The third-order valence-electron chi connectivity index (χ3n) is 2.99. The number of carbonyl (C=O) groups is 1. The van der Waals surface area contributed by atoms with Gasteiger partial charge in [-0.3, -0.25) is 9.59 Å². The third-order valence-corrected chi connectivity index (χ3v) is 2.99. The summed E-state index contributed by atoms with van der Waals surface area (Å²) in [6, 6.07) is 12.5. The zero-order valence-corrected chi connectivity index (χ0v) is 9.96. The molecule has 0 radical (unpaired) electrons. The van der Waals surface area contributed by atoms with E-state index >= 15 is 0 Å². The van der Waals surface area contributed by atoms with E-state index in [1.807, 2.05) is 30.3 Å². The molecule has 19 heavy (non-hydrogen) atoms. The number of hydrogen-bond donors (Lipinski definition) is 2. The Morgan fingerprint density at radius 2 is 1.89 bits per heavy atom. The molecule has 3 aromatic rings. The first-order valence-electron chi connectivity index (χ1n) is 5.77. The number of carbonyl (C=O) groups excluding carboxylic acids is 1. The molecule has 0 unspecified atom stereocenters. The molecule has 0 saturated heterocycles. The first-order valence-corrected chi connectivity index (χ1v) is 5.77. The van der Waals surface area contributed by atoms with E-state index in [9.17, 15) is 9.59 Å². The van der Waals surface area contributed by atoms with Crippen molar-refractivity contribution in [2.75, 3.05) is 0 Å². The zero-order chi connectivity index (χ0) is 13.4. The van der Waals surface area contributed by atoms with Gasteiger partial charge in [-0.15, -0.1) is 0 Å². The van der Waals surface area contributed by atoms with Crippen LogP contribution in [0.1, 0.15) is 10.5 Å². The normalized spacial score (nSPS) is 10.7. The Balaban J connectivity index is 2.48. The molecular formula is C14H11N3O2. The Morgan fingerprint density at radius 3 is 2.58 bits per heavy atom. The highest BCUT2D eigenvalue weighted by Gasteiger charge is 2.16. The predicted molar refractivity (Wildman–Crippen MR) is 72.4 cm³/mol. The van der Waals surface area contributed by atoms with Gasteiger partial charge in [-0.05, 0) is 24.3 Å². The first-order chi connectivity index (χ1) is 9.18. The topological polar surface area (TPSA) is 80.9 Å². The number of H-pyrrole nitrogens is 1. The average Bonchev–Trinajstić information content (AvgIpc) is 2.81. The molecule has 0 saturated carbocycles. The lowest BCUT2D eigenvalue weighted by molar-refractivity contribution is 0.0994. The zero-order valence-electron chi connectivity index (χ0n) is 9.96. The number of hydrogen-bond acceptors (Lipinski definition) is 2. The molecule has 3 rings (SSSR count). The summed E-state index contributed by atoms with van der Waals surface area (Å²) in [6.07, 6.45) is 1.55. The second-order valence-corrected chi connectivity index (χ2v) is 4.18. The van der Waals surface area contributed by atoms with E-state index in [0.717, 1.165) is 5.69 Å².